The molecule has 7 nitrogen and oxygen atoms in total. The van der Waals surface area contributed by atoms with Crippen LogP contribution in [0.4, 0.5) is 10.5 Å². The molecule has 0 saturated heterocycles. The van der Waals surface area contributed by atoms with Gasteiger partial charge in [-0.05, 0) is 45.7 Å². The number of ether oxygens (including phenoxy) is 2. The Kier molecular flexibility index (Phi) is 9.33. The summed E-state index contributed by atoms with van der Waals surface area (Å²) in [5.41, 5.74) is 0.00888. The summed E-state index contributed by atoms with van der Waals surface area (Å²) in [7, 11) is 1.36. The van der Waals surface area contributed by atoms with Crippen LogP contribution in [-0.2, 0) is 19.1 Å². The van der Waals surface area contributed by atoms with E-state index in [4.69, 9.17) is 4.74 Å². The molecule has 27 heavy (non-hydrogen) atoms. The fourth-order valence-electron chi connectivity index (χ4n) is 2.37. The van der Waals surface area contributed by atoms with Gasteiger partial charge < -0.3 is 20.1 Å². The van der Waals surface area contributed by atoms with Crippen LogP contribution in [-0.4, -0.2) is 36.7 Å². The highest BCUT2D eigenvalue weighted by Crippen LogP contribution is 2.12. The number of anilines is 1. The van der Waals surface area contributed by atoms with Crippen LogP contribution in [0.3, 0.4) is 0 Å². The molecule has 2 N–H and O–H groups in total. The molecular formula is C20H30N2O5. The maximum Gasteiger partial charge on any atom is 0.408 e. The van der Waals surface area contributed by atoms with Gasteiger partial charge in [-0.3, -0.25) is 9.59 Å². The van der Waals surface area contributed by atoms with Gasteiger partial charge >= 0.3 is 12.1 Å². The third-order valence-electron chi connectivity index (χ3n) is 3.65. The van der Waals surface area contributed by atoms with Crippen molar-refractivity contribution in [3.05, 3.63) is 30.3 Å². The number of esters is 1. The summed E-state index contributed by atoms with van der Waals surface area (Å²) in [6.07, 6.45) is 2.26. The highest BCUT2D eigenvalue weighted by molar-refractivity contribution is 5.96. The van der Waals surface area contributed by atoms with Gasteiger partial charge in [-0.25, -0.2) is 4.79 Å². The van der Waals surface area contributed by atoms with Crippen molar-refractivity contribution >= 4 is 23.7 Å². The third-order valence-corrected chi connectivity index (χ3v) is 3.65. The number of hydrogen-bond donors (Lipinski definition) is 2. The van der Waals surface area contributed by atoms with Crippen molar-refractivity contribution in [1.82, 2.24) is 5.32 Å². The minimum absolute atomic E-state index is 0.250. The zero-order valence-corrected chi connectivity index (χ0v) is 16.5. The molecule has 1 atom stereocenters. The molecule has 1 aromatic rings. The molecule has 0 spiro atoms. The molecule has 1 rings (SSSR count). The van der Waals surface area contributed by atoms with Crippen molar-refractivity contribution in [3.8, 4) is 0 Å². The molecule has 7 heteroatoms. The van der Waals surface area contributed by atoms with Crippen LogP contribution in [0.2, 0.25) is 0 Å². The number of carbonyl (C=O) groups is 3. The Morgan fingerprint density at radius 3 is 2.30 bits per heavy atom. The lowest BCUT2D eigenvalue weighted by Gasteiger charge is -2.23. The Labute approximate surface area is 160 Å². The Morgan fingerprint density at radius 2 is 1.70 bits per heavy atom. The van der Waals surface area contributed by atoms with E-state index in [2.05, 4.69) is 15.4 Å². The van der Waals surface area contributed by atoms with Gasteiger partial charge in [-0.15, -0.1) is 0 Å². The van der Waals surface area contributed by atoms with Gasteiger partial charge in [0, 0.05) is 12.1 Å². The summed E-state index contributed by atoms with van der Waals surface area (Å²) < 4.78 is 9.86. The van der Waals surface area contributed by atoms with Crippen molar-refractivity contribution in [2.24, 2.45) is 0 Å². The standard InChI is InChI=1S/C20H30N2O5/c1-20(2,3)27-19(25)22-16(13-9-6-10-14-17(23)26-4)18(24)21-15-11-7-5-8-12-15/h5,7-8,11-12,16H,6,9-10,13-14H2,1-4H3,(H,21,24)(H,22,25)/t16-/m0/s1. The van der Waals surface area contributed by atoms with Gasteiger partial charge in [0.05, 0.1) is 7.11 Å². The SMILES string of the molecule is COC(=O)CCCCC[C@H](NC(=O)OC(C)(C)C)C(=O)Nc1ccccc1. The summed E-state index contributed by atoms with van der Waals surface area (Å²) in [5.74, 6) is -0.555. The number of rotatable bonds is 9. The number of hydrogen-bond acceptors (Lipinski definition) is 5. The summed E-state index contributed by atoms with van der Waals surface area (Å²) in [5, 5.41) is 5.43. The zero-order chi connectivity index (χ0) is 20.3. The van der Waals surface area contributed by atoms with Gasteiger partial charge in [0.25, 0.3) is 0 Å². The number of nitrogens with one attached hydrogen (secondary N) is 2. The second kappa shape index (κ2) is 11.2. The summed E-state index contributed by atoms with van der Waals surface area (Å²) in [6.45, 7) is 5.29. The maximum atomic E-state index is 12.6. The van der Waals surface area contributed by atoms with Gasteiger partial charge in [-0.2, -0.15) is 0 Å². The van der Waals surface area contributed by atoms with Gasteiger partial charge in [0.1, 0.15) is 11.6 Å². The third kappa shape index (κ3) is 10.2. The van der Waals surface area contributed by atoms with Crippen LogP contribution in [0.1, 0.15) is 52.9 Å². The lowest BCUT2D eigenvalue weighted by Crippen LogP contribution is -2.45. The van der Waals surface area contributed by atoms with Gasteiger partial charge in [0.15, 0.2) is 0 Å². The van der Waals surface area contributed by atoms with Crippen molar-refractivity contribution in [3.63, 3.8) is 0 Å². The lowest BCUT2D eigenvalue weighted by atomic mass is 10.1. The van der Waals surface area contributed by atoms with Crippen molar-refractivity contribution in [2.75, 3.05) is 12.4 Å². The predicted octanol–water partition coefficient (Wildman–Crippen LogP) is 3.64. The van der Waals surface area contributed by atoms with Crippen molar-refractivity contribution in [1.29, 1.82) is 0 Å². The molecule has 0 unspecified atom stereocenters. The van der Waals surface area contributed by atoms with Crippen LogP contribution in [0, 0.1) is 0 Å². The first-order valence-electron chi connectivity index (χ1n) is 9.13. The van der Waals surface area contributed by atoms with Crippen LogP contribution in [0.15, 0.2) is 30.3 Å². The van der Waals surface area contributed by atoms with Gasteiger partial charge in [0.2, 0.25) is 5.91 Å². The molecule has 0 radical (unpaired) electrons. The monoisotopic (exact) mass is 378 g/mol. The minimum atomic E-state index is -0.724. The van der Waals surface area contributed by atoms with Crippen LogP contribution in [0.25, 0.3) is 0 Å². The van der Waals surface area contributed by atoms with Crippen LogP contribution in [0.5, 0.6) is 0 Å². The van der Waals surface area contributed by atoms with E-state index in [9.17, 15) is 14.4 Å². The second-order valence-electron chi connectivity index (χ2n) is 7.23. The fraction of sp³-hybridized carbons (Fsp3) is 0.550. The van der Waals surface area contributed by atoms with E-state index in [0.717, 1.165) is 6.42 Å². The number of benzene rings is 1. The smallest absolute Gasteiger partial charge is 0.408 e. The molecule has 0 aliphatic heterocycles. The lowest BCUT2D eigenvalue weighted by molar-refractivity contribution is -0.140. The van der Waals surface area contributed by atoms with E-state index in [1.165, 1.54) is 7.11 Å². The molecular weight excluding hydrogens is 348 g/mol. The normalized spacial score (nSPS) is 12.0. The molecule has 0 aliphatic carbocycles. The summed E-state index contributed by atoms with van der Waals surface area (Å²) >= 11 is 0. The number of carbonyl (C=O) groups excluding carboxylic acids is 3. The van der Waals surface area contributed by atoms with E-state index < -0.39 is 17.7 Å². The highest BCUT2D eigenvalue weighted by Gasteiger charge is 2.24. The minimum Gasteiger partial charge on any atom is -0.469 e. The molecule has 0 aliphatic rings. The Hall–Kier alpha value is -2.57. The highest BCUT2D eigenvalue weighted by atomic mass is 16.6. The van der Waals surface area contributed by atoms with Crippen LogP contribution < -0.4 is 10.6 Å². The molecule has 150 valence electrons. The molecule has 0 heterocycles. The fourth-order valence-corrected chi connectivity index (χ4v) is 2.37. The number of para-hydroxylation sites is 1. The predicted molar refractivity (Wildman–Crippen MR) is 103 cm³/mol. The molecule has 2 amide bonds. The van der Waals surface area contributed by atoms with E-state index >= 15 is 0 Å². The van der Waals surface area contributed by atoms with E-state index in [1.807, 2.05) is 18.2 Å². The maximum absolute atomic E-state index is 12.6. The number of alkyl carbamates (subject to hydrolysis) is 1. The molecule has 0 fully saturated rings. The van der Waals surface area contributed by atoms with Crippen molar-refractivity contribution in [2.45, 2.75) is 64.5 Å². The first-order valence-corrected chi connectivity index (χ1v) is 9.13. The van der Waals surface area contributed by atoms with Crippen molar-refractivity contribution < 1.29 is 23.9 Å². The zero-order valence-electron chi connectivity index (χ0n) is 16.5. The topological polar surface area (TPSA) is 93.7 Å². The molecule has 0 saturated carbocycles. The summed E-state index contributed by atoms with van der Waals surface area (Å²) in [6, 6.07) is 8.32. The van der Waals surface area contributed by atoms with Crippen LogP contribution >= 0.6 is 0 Å². The van der Waals surface area contributed by atoms with E-state index in [1.54, 1.807) is 32.9 Å². The number of unbranched alkanes of at least 4 members (excludes halogenated alkanes) is 2. The van der Waals surface area contributed by atoms with Gasteiger partial charge in [-0.1, -0.05) is 31.0 Å². The average Bonchev–Trinajstić information content (AvgIpc) is 2.59. The number of amides is 2. The summed E-state index contributed by atoms with van der Waals surface area (Å²) in [4.78, 5) is 35.8. The van der Waals surface area contributed by atoms with E-state index in [0.29, 0.717) is 31.4 Å². The largest absolute Gasteiger partial charge is 0.469 e. The Balaban J connectivity index is 2.60. The molecule has 0 aromatic heterocycles. The first kappa shape index (κ1) is 22.5. The Morgan fingerprint density at radius 1 is 1.04 bits per heavy atom. The second-order valence-corrected chi connectivity index (χ2v) is 7.23. The quantitative estimate of drug-likeness (QED) is 0.505. The number of methoxy groups -OCH3 is 1. The molecule has 1 aromatic carbocycles. The average molecular weight is 378 g/mol. The van der Waals surface area contributed by atoms with E-state index in [-0.39, 0.29) is 11.9 Å². The molecule has 0 bridgehead atoms. The first-order chi connectivity index (χ1) is 12.7. The Bertz CT molecular complexity index is 611.